The first-order valence-corrected chi connectivity index (χ1v) is 6.04. The van der Waals surface area contributed by atoms with Gasteiger partial charge in [-0.25, -0.2) is 4.79 Å². The van der Waals surface area contributed by atoms with Gasteiger partial charge in [0.15, 0.2) is 0 Å². The number of hydrogen-bond acceptors (Lipinski definition) is 3. The van der Waals surface area contributed by atoms with Gasteiger partial charge in [-0.2, -0.15) is 0 Å². The van der Waals surface area contributed by atoms with E-state index >= 15 is 0 Å². The Morgan fingerprint density at radius 2 is 1.89 bits per heavy atom. The topological polar surface area (TPSA) is 58.6 Å². The molecule has 1 aromatic rings. The third kappa shape index (κ3) is 4.75. The molecule has 0 aliphatic rings. The first kappa shape index (κ1) is 14.5. The van der Waals surface area contributed by atoms with Crippen LogP contribution in [0.5, 0.6) is 5.75 Å². The largest absolute Gasteiger partial charge is 0.492 e. The van der Waals surface area contributed by atoms with Crippen LogP contribution in [0.25, 0.3) is 0 Å². The first-order valence-electron chi connectivity index (χ1n) is 6.04. The molecule has 0 aliphatic carbocycles. The highest BCUT2D eigenvalue weighted by molar-refractivity contribution is 5.87. The van der Waals surface area contributed by atoms with E-state index in [4.69, 9.17) is 9.84 Å². The van der Waals surface area contributed by atoms with Crippen LogP contribution in [0.1, 0.15) is 38.1 Å². The molecule has 0 unspecified atom stereocenters. The predicted octanol–water partition coefficient (Wildman–Crippen LogP) is 2.54. The molecule has 1 aromatic carbocycles. The second-order valence-electron chi connectivity index (χ2n) is 5.30. The first-order chi connectivity index (χ1) is 8.30. The average molecular weight is 251 g/mol. The SMILES string of the molecule is CC(C)NC(C)(C)COc1ccc(C(=O)O)cc1. The van der Waals surface area contributed by atoms with Crippen molar-refractivity contribution in [3.05, 3.63) is 29.8 Å². The van der Waals surface area contributed by atoms with E-state index < -0.39 is 5.97 Å². The molecule has 0 atom stereocenters. The van der Waals surface area contributed by atoms with Crippen LogP contribution >= 0.6 is 0 Å². The van der Waals surface area contributed by atoms with Gasteiger partial charge in [0.25, 0.3) is 0 Å². The number of carbonyl (C=O) groups is 1. The predicted molar refractivity (Wildman–Crippen MR) is 71.2 cm³/mol. The van der Waals surface area contributed by atoms with Gasteiger partial charge in [0.05, 0.1) is 5.56 Å². The van der Waals surface area contributed by atoms with Crippen LogP contribution in [0.15, 0.2) is 24.3 Å². The van der Waals surface area contributed by atoms with Crippen molar-refractivity contribution in [2.45, 2.75) is 39.3 Å². The van der Waals surface area contributed by atoms with Crippen LogP contribution < -0.4 is 10.1 Å². The summed E-state index contributed by atoms with van der Waals surface area (Å²) in [6, 6.07) is 6.82. The minimum Gasteiger partial charge on any atom is -0.492 e. The number of ether oxygens (including phenoxy) is 1. The lowest BCUT2D eigenvalue weighted by Gasteiger charge is -2.28. The van der Waals surface area contributed by atoms with Gasteiger partial charge >= 0.3 is 5.97 Å². The Morgan fingerprint density at radius 1 is 1.33 bits per heavy atom. The number of carboxylic acids is 1. The third-order valence-corrected chi connectivity index (χ3v) is 2.38. The average Bonchev–Trinajstić information content (AvgIpc) is 2.25. The Labute approximate surface area is 108 Å². The quantitative estimate of drug-likeness (QED) is 0.815. The zero-order valence-corrected chi connectivity index (χ0v) is 11.4. The molecule has 18 heavy (non-hydrogen) atoms. The Kier molecular flexibility index (Phi) is 4.73. The summed E-state index contributed by atoms with van der Waals surface area (Å²) in [5.74, 6) is -0.248. The van der Waals surface area contributed by atoms with Gasteiger partial charge in [-0.05, 0) is 38.1 Å². The second kappa shape index (κ2) is 5.87. The molecule has 0 saturated carbocycles. The number of hydrogen-bond donors (Lipinski definition) is 2. The minimum absolute atomic E-state index is 0.125. The highest BCUT2D eigenvalue weighted by atomic mass is 16.5. The standard InChI is InChI=1S/C14H21NO3/c1-10(2)15-14(3,4)9-18-12-7-5-11(6-8-12)13(16)17/h5-8,10,15H,9H2,1-4H3,(H,16,17). The van der Waals surface area contributed by atoms with Gasteiger partial charge in [-0.1, -0.05) is 13.8 Å². The summed E-state index contributed by atoms with van der Waals surface area (Å²) >= 11 is 0. The van der Waals surface area contributed by atoms with Crippen LogP contribution in [0.4, 0.5) is 0 Å². The van der Waals surface area contributed by atoms with E-state index in [0.717, 1.165) is 0 Å². The summed E-state index contributed by atoms with van der Waals surface area (Å²) in [6.45, 7) is 8.83. The highest BCUT2D eigenvalue weighted by Crippen LogP contribution is 2.14. The maximum Gasteiger partial charge on any atom is 0.335 e. The zero-order valence-electron chi connectivity index (χ0n) is 11.4. The van der Waals surface area contributed by atoms with Crippen LogP contribution in [-0.4, -0.2) is 29.3 Å². The van der Waals surface area contributed by atoms with Gasteiger partial charge in [0.2, 0.25) is 0 Å². The zero-order chi connectivity index (χ0) is 13.8. The van der Waals surface area contributed by atoms with E-state index in [1.807, 2.05) is 0 Å². The van der Waals surface area contributed by atoms with Crippen LogP contribution in [-0.2, 0) is 0 Å². The lowest BCUT2D eigenvalue weighted by atomic mass is 10.1. The molecule has 4 nitrogen and oxygen atoms in total. The lowest BCUT2D eigenvalue weighted by Crippen LogP contribution is -2.47. The number of benzene rings is 1. The second-order valence-corrected chi connectivity index (χ2v) is 5.30. The van der Waals surface area contributed by atoms with Gasteiger partial charge in [0, 0.05) is 11.6 Å². The van der Waals surface area contributed by atoms with Crippen molar-refractivity contribution in [2.24, 2.45) is 0 Å². The summed E-state index contributed by atoms with van der Waals surface area (Å²) in [7, 11) is 0. The number of nitrogens with one attached hydrogen (secondary N) is 1. The molecular weight excluding hydrogens is 230 g/mol. The Morgan fingerprint density at radius 3 is 2.33 bits per heavy atom. The molecule has 0 spiro atoms. The van der Waals surface area contributed by atoms with E-state index in [1.54, 1.807) is 24.3 Å². The van der Waals surface area contributed by atoms with Crippen molar-refractivity contribution in [1.82, 2.24) is 5.32 Å². The van der Waals surface area contributed by atoms with Crippen molar-refractivity contribution in [3.63, 3.8) is 0 Å². The molecular formula is C14H21NO3. The van der Waals surface area contributed by atoms with Crippen molar-refractivity contribution >= 4 is 5.97 Å². The normalized spacial score (nSPS) is 11.6. The Bertz CT molecular complexity index is 396. The summed E-state index contributed by atoms with van der Waals surface area (Å²) in [5, 5.41) is 12.2. The summed E-state index contributed by atoms with van der Waals surface area (Å²) in [6.07, 6.45) is 0. The molecule has 0 fully saturated rings. The molecule has 100 valence electrons. The Hall–Kier alpha value is -1.55. The third-order valence-electron chi connectivity index (χ3n) is 2.38. The Balaban J connectivity index is 2.55. The molecule has 0 saturated heterocycles. The molecule has 2 N–H and O–H groups in total. The fourth-order valence-electron chi connectivity index (χ4n) is 1.78. The molecule has 0 heterocycles. The van der Waals surface area contributed by atoms with Crippen molar-refractivity contribution in [3.8, 4) is 5.75 Å². The molecule has 0 aliphatic heterocycles. The van der Waals surface area contributed by atoms with E-state index in [2.05, 4.69) is 33.0 Å². The van der Waals surface area contributed by atoms with Crippen LogP contribution in [0.3, 0.4) is 0 Å². The number of carboxylic acid groups (broad SMARTS) is 1. The van der Waals surface area contributed by atoms with Gasteiger partial charge in [0.1, 0.15) is 12.4 Å². The number of aromatic carboxylic acids is 1. The summed E-state index contributed by atoms with van der Waals surface area (Å²) in [5.41, 5.74) is 0.140. The van der Waals surface area contributed by atoms with Gasteiger partial charge in [-0.15, -0.1) is 0 Å². The van der Waals surface area contributed by atoms with Gasteiger partial charge in [-0.3, -0.25) is 0 Å². The van der Waals surface area contributed by atoms with Crippen molar-refractivity contribution in [2.75, 3.05) is 6.61 Å². The van der Waals surface area contributed by atoms with E-state index in [9.17, 15) is 4.79 Å². The van der Waals surface area contributed by atoms with E-state index in [1.165, 1.54) is 0 Å². The van der Waals surface area contributed by atoms with Gasteiger partial charge < -0.3 is 15.2 Å². The van der Waals surface area contributed by atoms with Crippen LogP contribution in [0, 0.1) is 0 Å². The highest BCUT2D eigenvalue weighted by Gasteiger charge is 2.19. The van der Waals surface area contributed by atoms with E-state index in [0.29, 0.717) is 18.4 Å². The lowest BCUT2D eigenvalue weighted by molar-refractivity contribution is 0.0697. The molecule has 0 bridgehead atoms. The molecule has 1 rings (SSSR count). The fourth-order valence-corrected chi connectivity index (χ4v) is 1.78. The maximum atomic E-state index is 10.7. The smallest absolute Gasteiger partial charge is 0.335 e. The summed E-state index contributed by atoms with van der Waals surface area (Å²) in [4.78, 5) is 10.7. The molecule has 0 aromatic heterocycles. The van der Waals surface area contributed by atoms with E-state index in [-0.39, 0.29) is 11.1 Å². The van der Waals surface area contributed by atoms with Crippen molar-refractivity contribution in [1.29, 1.82) is 0 Å². The fraction of sp³-hybridized carbons (Fsp3) is 0.500. The molecule has 4 heteroatoms. The molecule has 0 amide bonds. The monoisotopic (exact) mass is 251 g/mol. The van der Waals surface area contributed by atoms with Crippen LogP contribution in [0.2, 0.25) is 0 Å². The van der Waals surface area contributed by atoms with Crippen molar-refractivity contribution < 1.29 is 14.6 Å². The molecule has 0 radical (unpaired) electrons. The maximum absolute atomic E-state index is 10.7. The number of rotatable bonds is 6. The minimum atomic E-state index is -0.927. The summed E-state index contributed by atoms with van der Waals surface area (Å²) < 4.78 is 5.65.